The number of rotatable bonds is 5. The van der Waals surface area contributed by atoms with Gasteiger partial charge in [-0.2, -0.15) is 0 Å². The molecule has 1 aromatic rings. The van der Waals surface area contributed by atoms with E-state index < -0.39 is 11.8 Å². The topological polar surface area (TPSA) is 55.4 Å². The van der Waals surface area contributed by atoms with Crippen LogP contribution in [0.2, 0.25) is 0 Å². The van der Waals surface area contributed by atoms with Crippen LogP contribution in [-0.4, -0.2) is 18.9 Å². The highest BCUT2D eigenvalue weighted by molar-refractivity contribution is 9.10. The zero-order chi connectivity index (χ0) is 14.7. The molecular formula is C14H13BrFNO3. The lowest BCUT2D eigenvalue weighted by Crippen LogP contribution is -2.17. The Labute approximate surface area is 124 Å². The highest BCUT2D eigenvalue weighted by Gasteiger charge is 2.34. The Hall–Kier alpha value is -1.69. The first-order chi connectivity index (χ1) is 9.52. The highest BCUT2D eigenvalue weighted by Crippen LogP contribution is 2.32. The van der Waals surface area contributed by atoms with Crippen LogP contribution in [0.15, 0.2) is 34.4 Å². The van der Waals surface area contributed by atoms with Gasteiger partial charge in [0.25, 0.3) is 0 Å². The van der Waals surface area contributed by atoms with Crippen molar-refractivity contribution in [2.45, 2.75) is 12.8 Å². The molecule has 1 aromatic carbocycles. The van der Waals surface area contributed by atoms with E-state index in [-0.39, 0.29) is 17.3 Å². The van der Waals surface area contributed by atoms with Gasteiger partial charge in [0.05, 0.1) is 11.6 Å². The normalized spacial score (nSPS) is 14.8. The van der Waals surface area contributed by atoms with E-state index in [1.54, 1.807) is 6.07 Å². The minimum atomic E-state index is -0.688. The van der Waals surface area contributed by atoms with Crippen LogP contribution in [0.4, 0.5) is 10.1 Å². The van der Waals surface area contributed by atoms with Crippen LogP contribution in [0.1, 0.15) is 12.8 Å². The molecule has 0 heterocycles. The molecule has 0 aliphatic heterocycles. The molecule has 0 saturated heterocycles. The summed E-state index contributed by atoms with van der Waals surface area (Å²) in [6.07, 6.45) is 2.86. The van der Waals surface area contributed by atoms with Crippen LogP contribution in [0, 0.1) is 11.7 Å². The predicted octanol–water partition coefficient (Wildman–Crippen LogP) is 3.04. The number of ketones is 1. The van der Waals surface area contributed by atoms with E-state index >= 15 is 0 Å². The third-order valence-corrected chi connectivity index (χ3v) is 3.56. The van der Waals surface area contributed by atoms with Crippen LogP contribution in [0.25, 0.3) is 0 Å². The fraction of sp³-hybridized carbons (Fsp3) is 0.286. The van der Waals surface area contributed by atoms with Gasteiger partial charge in [0.2, 0.25) is 0 Å². The molecule has 6 heteroatoms. The van der Waals surface area contributed by atoms with Crippen LogP contribution in [-0.2, 0) is 14.3 Å². The molecule has 0 bridgehead atoms. The lowest BCUT2D eigenvalue weighted by Gasteiger charge is -2.06. The Morgan fingerprint density at radius 2 is 2.15 bits per heavy atom. The number of esters is 1. The summed E-state index contributed by atoms with van der Waals surface area (Å²) >= 11 is 3.05. The molecule has 1 saturated carbocycles. The number of carbonyl (C=O) groups is 2. The fourth-order valence-corrected chi connectivity index (χ4v) is 1.89. The summed E-state index contributed by atoms with van der Waals surface area (Å²) in [7, 11) is 1.22. The number of ether oxygens (including phenoxy) is 1. The number of halogens is 2. The van der Waals surface area contributed by atoms with E-state index in [0.29, 0.717) is 10.2 Å². The Morgan fingerprint density at radius 1 is 1.45 bits per heavy atom. The number of carbonyl (C=O) groups excluding carboxylic acids is 2. The fourth-order valence-electron chi connectivity index (χ4n) is 1.65. The van der Waals surface area contributed by atoms with Crippen molar-refractivity contribution in [3.8, 4) is 0 Å². The Bertz CT molecular complexity index is 582. The summed E-state index contributed by atoms with van der Waals surface area (Å²) in [4.78, 5) is 23.6. The van der Waals surface area contributed by atoms with Crippen molar-refractivity contribution in [3.05, 3.63) is 40.3 Å². The molecule has 1 aliphatic carbocycles. The first-order valence-electron chi connectivity index (χ1n) is 6.07. The number of hydrogen-bond donors (Lipinski definition) is 1. The van der Waals surface area contributed by atoms with Crippen LogP contribution < -0.4 is 5.32 Å². The molecule has 20 heavy (non-hydrogen) atoms. The van der Waals surface area contributed by atoms with Gasteiger partial charge in [0, 0.05) is 17.8 Å². The van der Waals surface area contributed by atoms with Gasteiger partial charge >= 0.3 is 5.97 Å². The SMILES string of the molecule is COC(=O)/C(=C\Nc1ccc(Br)c(F)c1)C(=O)C1CC1. The largest absolute Gasteiger partial charge is 0.465 e. The van der Waals surface area contributed by atoms with Gasteiger partial charge < -0.3 is 10.1 Å². The monoisotopic (exact) mass is 341 g/mol. The minimum absolute atomic E-state index is 0.0432. The minimum Gasteiger partial charge on any atom is -0.465 e. The average Bonchev–Trinajstić information content (AvgIpc) is 3.26. The zero-order valence-electron chi connectivity index (χ0n) is 10.8. The van der Waals surface area contributed by atoms with Gasteiger partial charge in [-0.1, -0.05) is 0 Å². The van der Waals surface area contributed by atoms with E-state index in [4.69, 9.17) is 0 Å². The van der Waals surface area contributed by atoms with Crippen LogP contribution in [0.5, 0.6) is 0 Å². The van der Waals surface area contributed by atoms with Gasteiger partial charge in [-0.15, -0.1) is 0 Å². The standard InChI is InChI=1S/C14H13BrFNO3/c1-20-14(19)10(13(18)8-2-3-8)7-17-9-4-5-11(15)12(16)6-9/h4-8,17H,2-3H2,1H3/b10-7-. The van der Waals surface area contributed by atoms with E-state index in [9.17, 15) is 14.0 Å². The summed E-state index contributed by atoms with van der Waals surface area (Å²) < 4.78 is 18.3. The molecule has 0 radical (unpaired) electrons. The van der Waals surface area contributed by atoms with Crippen molar-refractivity contribution >= 4 is 33.4 Å². The Kier molecular flexibility index (Phi) is 4.54. The first kappa shape index (κ1) is 14.7. The molecular weight excluding hydrogens is 329 g/mol. The van der Waals surface area contributed by atoms with E-state index in [1.165, 1.54) is 25.4 Å². The lowest BCUT2D eigenvalue weighted by molar-refractivity contribution is -0.138. The lowest BCUT2D eigenvalue weighted by atomic mass is 10.1. The molecule has 106 valence electrons. The van der Waals surface area contributed by atoms with Crippen molar-refractivity contribution < 1.29 is 18.7 Å². The summed E-state index contributed by atoms with van der Waals surface area (Å²) in [5.41, 5.74) is 0.397. The quantitative estimate of drug-likeness (QED) is 0.387. The van der Waals surface area contributed by atoms with Crippen molar-refractivity contribution in [1.82, 2.24) is 0 Å². The van der Waals surface area contributed by atoms with Crippen molar-refractivity contribution in [2.75, 3.05) is 12.4 Å². The molecule has 1 N–H and O–H groups in total. The second kappa shape index (κ2) is 6.17. The molecule has 2 rings (SSSR count). The van der Waals surface area contributed by atoms with Crippen LogP contribution >= 0.6 is 15.9 Å². The molecule has 0 unspecified atom stereocenters. The molecule has 0 amide bonds. The Morgan fingerprint density at radius 3 is 2.70 bits per heavy atom. The smallest absolute Gasteiger partial charge is 0.343 e. The molecule has 0 atom stereocenters. The zero-order valence-corrected chi connectivity index (χ0v) is 12.4. The third kappa shape index (κ3) is 3.45. The molecule has 1 aliphatic rings. The van der Waals surface area contributed by atoms with Crippen LogP contribution in [0.3, 0.4) is 0 Å². The molecule has 1 fully saturated rings. The molecule has 0 aromatic heterocycles. The van der Waals surface area contributed by atoms with Gasteiger partial charge in [-0.05, 0) is 47.0 Å². The van der Waals surface area contributed by atoms with Crippen molar-refractivity contribution in [2.24, 2.45) is 5.92 Å². The number of nitrogens with one attached hydrogen (secondary N) is 1. The van der Waals surface area contributed by atoms with E-state index in [2.05, 4.69) is 26.0 Å². The summed E-state index contributed by atoms with van der Waals surface area (Å²) in [5.74, 6) is -1.45. The average molecular weight is 342 g/mol. The van der Waals surface area contributed by atoms with Crippen molar-refractivity contribution in [1.29, 1.82) is 0 Å². The highest BCUT2D eigenvalue weighted by atomic mass is 79.9. The van der Waals surface area contributed by atoms with Gasteiger partial charge in [0.15, 0.2) is 5.78 Å². The number of benzene rings is 1. The summed E-state index contributed by atoms with van der Waals surface area (Å²) in [6.45, 7) is 0. The van der Waals surface area contributed by atoms with Gasteiger partial charge in [0.1, 0.15) is 11.4 Å². The first-order valence-corrected chi connectivity index (χ1v) is 6.86. The number of anilines is 1. The second-order valence-electron chi connectivity index (χ2n) is 4.46. The van der Waals surface area contributed by atoms with Gasteiger partial charge in [-0.3, -0.25) is 4.79 Å². The van der Waals surface area contributed by atoms with E-state index in [0.717, 1.165) is 12.8 Å². The predicted molar refractivity (Wildman–Crippen MR) is 75.6 cm³/mol. The number of methoxy groups -OCH3 is 1. The third-order valence-electron chi connectivity index (χ3n) is 2.92. The van der Waals surface area contributed by atoms with Crippen molar-refractivity contribution in [3.63, 3.8) is 0 Å². The summed E-state index contributed by atoms with van der Waals surface area (Å²) in [6, 6.07) is 4.42. The Balaban J connectivity index is 2.17. The van der Waals surface area contributed by atoms with E-state index in [1.807, 2.05) is 0 Å². The van der Waals surface area contributed by atoms with Gasteiger partial charge in [-0.25, -0.2) is 9.18 Å². The summed E-state index contributed by atoms with van der Waals surface area (Å²) in [5, 5.41) is 2.75. The maximum absolute atomic E-state index is 13.4. The molecule has 0 spiro atoms. The maximum Gasteiger partial charge on any atom is 0.343 e. The second-order valence-corrected chi connectivity index (χ2v) is 5.32. The number of Topliss-reactive ketones (excluding diaryl/α,β-unsaturated/α-hetero) is 1. The number of hydrogen-bond acceptors (Lipinski definition) is 4. The molecule has 4 nitrogen and oxygen atoms in total. The maximum atomic E-state index is 13.4.